The van der Waals surface area contributed by atoms with Crippen LogP contribution in [-0.4, -0.2) is 24.2 Å². The number of hydrogen-bond acceptors (Lipinski definition) is 0. The van der Waals surface area contributed by atoms with Crippen molar-refractivity contribution in [2.75, 3.05) is 0 Å². The van der Waals surface area contributed by atoms with Crippen molar-refractivity contribution in [1.82, 2.24) is 0 Å². The fraction of sp³-hybridized carbons (Fsp3) is 1.00. The minimum atomic E-state index is -0.826. The summed E-state index contributed by atoms with van der Waals surface area (Å²) in [7, 11) is 9.87. The molecule has 0 unspecified atom stereocenters. The van der Waals surface area contributed by atoms with Gasteiger partial charge in [-0.2, -0.15) is 0 Å². The van der Waals surface area contributed by atoms with Crippen LogP contribution < -0.4 is 0 Å². The van der Waals surface area contributed by atoms with E-state index in [1.54, 1.807) is 0 Å². The molecule has 0 fully saturated rings. The third kappa shape index (κ3) is 46.7. The van der Waals surface area contributed by atoms with Crippen LogP contribution >= 0.6 is 17.0 Å². The van der Waals surface area contributed by atoms with Gasteiger partial charge in [0.15, 0.2) is 0 Å². The van der Waals surface area contributed by atoms with Crippen molar-refractivity contribution >= 4 is 17.0 Å². The summed E-state index contributed by atoms with van der Waals surface area (Å²) < 4.78 is 0. The maximum absolute atomic E-state index is 4.93. The standard InChI is InChI=1S/2C6H14N.2ClH.Zr/c2*1-5(2)7-6(3)4;;;/h2*5-6H,1-4H3;2*1H;/q2*-1;;;+4/p-2. The molecule has 5 heteroatoms. The fourth-order valence-corrected chi connectivity index (χ4v) is 1.19. The van der Waals surface area contributed by atoms with Crippen molar-refractivity contribution in [3.63, 3.8) is 0 Å². The van der Waals surface area contributed by atoms with Crippen LogP contribution in [0.15, 0.2) is 0 Å². The van der Waals surface area contributed by atoms with Crippen molar-refractivity contribution in [2.24, 2.45) is 0 Å². The Balaban J connectivity index is -0.000000188. The molecule has 0 atom stereocenters. The van der Waals surface area contributed by atoms with Crippen LogP contribution in [0.25, 0.3) is 10.6 Å². The molecule has 0 amide bonds. The van der Waals surface area contributed by atoms with Gasteiger partial charge < -0.3 is 10.6 Å². The number of nitrogens with zero attached hydrogens (tertiary/aromatic N) is 2. The van der Waals surface area contributed by atoms with Crippen LogP contribution in [0.2, 0.25) is 0 Å². The molecule has 0 aromatic carbocycles. The summed E-state index contributed by atoms with van der Waals surface area (Å²) in [6, 6.07) is 2.00. The Hall–Kier alpha value is 1.38. The molecule has 17 heavy (non-hydrogen) atoms. The molecule has 0 radical (unpaired) electrons. The van der Waals surface area contributed by atoms with Gasteiger partial charge in [0, 0.05) is 0 Å². The molecule has 0 spiro atoms. The van der Waals surface area contributed by atoms with E-state index in [1.165, 1.54) is 0 Å². The molecule has 0 aromatic rings. The predicted molar refractivity (Wildman–Crippen MR) is 79.0 cm³/mol. The average Bonchev–Trinajstić information content (AvgIpc) is 1.99. The normalized spacial score (nSPS) is 9.76. The molecule has 0 rings (SSSR count). The van der Waals surface area contributed by atoms with Crippen LogP contribution in [0.5, 0.6) is 0 Å². The minimum absolute atomic E-state index is 0.500. The van der Waals surface area contributed by atoms with E-state index in [0.29, 0.717) is 24.2 Å². The first-order valence-corrected chi connectivity index (χ1v) is 12.4. The van der Waals surface area contributed by atoms with Gasteiger partial charge in [-0.25, -0.2) is 0 Å². The van der Waals surface area contributed by atoms with Gasteiger partial charge in [-0.3, -0.25) is 0 Å². The van der Waals surface area contributed by atoms with Crippen molar-refractivity contribution in [3.05, 3.63) is 10.6 Å². The Morgan fingerprint density at radius 2 is 0.706 bits per heavy atom. The fourth-order valence-electron chi connectivity index (χ4n) is 1.19. The Morgan fingerprint density at radius 1 is 0.588 bits per heavy atom. The Labute approximate surface area is 127 Å². The molecule has 0 N–H and O–H groups in total. The van der Waals surface area contributed by atoms with Crippen LogP contribution in [0.1, 0.15) is 55.4 Å². The van der Waals surface area contributed by atoms with E-state index in [9.17, 15) is 0 Å². The molecule has 0 aliphatic carbocycles. The summed E-state index contributed by atoms with van der Waals surface area (Å²) in [5.74, 6) is 0. The zero-order valence-corrected chi connectivity index (χ0v) is 16.4. The molecule has 104 valence electrons. The van der Waals surface area contributed by atoms with E-state index in [1.807, 2.05) is 0 Å². The van der Waals surface area contributed by atoms with Gasteiger partial charge in [0.25, 0.3) is 0 Å². The van der Waals surface area contributed by atoms with E-state index in [2.05, 4.69) is 66.0 Å². The third-order valence-corrected chi connectivity index (χ3v) is 1.19. The molecule has 0 saturated heterocycles. The first-order valence-electron chi connectivity index (χ1n) is 6.03. The van der Waals surface area contributed by atoms with E-state index in [0.717, 1.165) is 0 Å². The second-order valence-corrected chi connectivity index (χ2v) is 8.48. The zero-order valence-electron chi connectivity index (χ0n) is 12.5. The topological polar surface area (TPSA) is 28.2 Å². The molecule has 2 nitrogen and oxygen atoms in total. The molecular weight excluding hydrogens is 334 g/mol. The molecule has 0 heterocycles. The average molecular weight is 362 g/mol. The second kappa shape index (κ2) is 17.4. The van der Waals surface area contributed by atoms with Crippen LogP contribution in [0.3, 0.4) is 0 Å². The molecule has 0 saturated carbocycles. The second-order valence-electron chi connectivity index (χ2n) is 4.74. The first kappa shape index (κ1) is 23.5. The van der Waals surface area contributed by atoms with Crippen molar-refractivity contribution < 1.29 is 20.8 Å². The molecular formula is C12H28Cl2N2Zr. The summed E-state index contributed by atoms with van der Waals surface area (Å²) in [6.07, 6.45) is 0. The summed E-state index contributed by atoms with van der Waals surface area (Å²) >= 11 is -0.826. The van der Waals surface area contributed by atoms with Gasteiger partial charge in [-0.1, -0.05) is 55.4 Å². The van der Waals surface area contributed by atoms with Gasteiger partial charge >= 0.3 is 37.9 Å². The van der Waals surface area contributed by atoms with Gasteiger partial charge in [0.1, 0.15) is 0 Å². The van der Waals surface area contributed by atoms with Crippen LogP contribution in [0, 0.1) is 0 Å². The van der Waals surface area contributed by atoms with Gasteiger partial charge in [0.2, 0.25) is 0 Å². The summed E-state index contributed by atoms with van der Waals surface area (Å²) in [4.78, 5) is 0. The van der Waals surface area contributed by atoms with Crippen LogP contribution in [-0.2, 0) is 20.8 Å². The van der Waals surface area contributed by atoms with Gasteiger partial charge in [0.05, 0.1) is 0 Å². The summed E-state index contributed by atoms with van der Waals surface area (Å²) in [5, 5.41) is 8.56. The Morgan fingerprint density at radius 3 is 0.706 bits per heavy atom. The number of halogens is 2. The SMILES string of the molecule is CC(C)[N-]C(C)C.CC(C)[N-]C(C)C.[Cl][Zr+2][Cl]. The number of hydrogen-bond donors (Lipinski definition) is 0. The summed E-state index contributed by atoms with van der Waals surface area (Å²) in [5.41, 5.74) is 0. The molecule has 0 aliphatic heterocycles. The zero-order chi connectivity index (χ0) is 14.4. The van der Waals surface area contributed by atoms with E-state index >= 15 is 0 Å². The van der Waals surface area contributed by atoms with E-state index in [-0.39, 0.29) is 0 Å². The monoisotopic (exact) mass is 360 g/mol. The first-order chi connectivity index (χ1) is 7.67. The Bertz CT molecular complexity index is 106. The van der Waals surface area contributed by atoms with Gasteiger partial charge in [-0.05, 0) is 0 Å². The summed E-state index contributed by atoms with van der Waals surface area (Å²) in [6.45, 7) is 16.8. The van der Waals surface area contributed by atoms with Crippen molar-refractivity contribution in [3.8, 4) is 0 Å². The molecule has 0 aliphatic rings. The predicted octanol–water partition coefficient (Wildman–Crippen LogP) is 5.73. The van der Waals surface area contributed by atoms with Gasteiger partial charge in [-0.15, -0.1) is 24.2 Å². The van der Waals surface area contributed by atoms with E-state index in [4.69, 9.17) is 17.0 Å². The quantitative estimate of drug-likeness (QED) is 0.611. The molecule has 0 aromatic heterocycles. The molecule has 0 bridgehead atoms. The Kier molecular flexibility index (Phi) is 24.0. The van der Waals surface area contributed by atoms with Crippen molar-refractivity contribution in [2.45, 2.75) is 79.6 Å². The van der Waals surface area contributed by atoms with E-state index < -0.39 is 20.8 Å². The third-order valence-electron chi connectivity index (χ3n) is 1.19. The van der Waals surface area contributed by atoms with Crippen LogP contribution in [0.4, 0.5) is 0 Å². The van der Waals surface area contributed by atoms with Crippen molar-refractivity contribution in [1.29, 1.82) is 0 Å². The maximum atomic E-state index is 4.93. The number of rotatable bonds is 4.